The van der Waals surface area contributed by atoms with Gasteiger partial charge in [0.05, 0.1) is 44.3 Å². The van der Waals surface area contributed by atoms with Gasteiger partial charge in [-0.2, -0.15) is 0 Å². The number of benzene rings is 1. The van der Waals surface area contributed by atoms with Crippen LogP contribution in [0.1, 0.15) is 62.5 Å². The number of rotatable bonds is 10. The number of carbonyl (C=O) groups is 2. The number of methoxy groups -OCH3 is 2. The van der Waals surface area contributed by atoms with Gasteiger partial charge in [0.25, 0.3) is 0 Å². The third-order valence-corrected chi connectivity index (χ3v) is 8.89. The van der Waals surface area contributed by atoms with Gasteiger partial charge in [-0.1, -0.05) is 0 Å². The summed E-state index contributed by atoms with van der Waals surface area (Å²) in [7, 11) is 2.71. The summed E-state index contributed by atoms with van der Waals surface area (Å²) in [5.74, 6) is -0.268. The highest BCUT2D eigenvalue weighted by Gasteiger charge is 2.59. The van der Waals surface area contributed by atoms with Crippen LogP contribution in [0, 0.1) is 0 Å². The van der Waals surface area contributed by atoms with Crippen LogP contribution in [0.5, 0.6) is 11.5 Å². The monoisotopic (exact) mass is 561 g/mol. The Labute approximate surface area is 233 Å². The molecule has 0 radical (unpaired) electrons. The minimum Gasteiger partial charge on any atom is -0.497 e. The third kappa shape index (κ3) is 5.04. The van der Waals surface area contributed by atoms with E-state index in [9.17, 15) is 24.9 Å². The minimum absolute atomic E-state index is 0.105. The van der Waals surface area contributed by atoms with Gasteiger partial charge in [0.2, 0.25) is 6.79 Å². The molecule has 0 amide bonds. The molecule has 0 saturated carbocycles. The quantitative estimate of drug-likeness (QED) is 0.358. The topological polar surface area (TPSA) is 144 Å². The summed E-state index contributed by atoms with van der Waals surface area (Å²) in [5.41, 5.74) is -1.99. The molecule has 4 aliphatic rings. The Hall–Kier alpha value is -2.86. The van der Waals surface area contributed by atoms with Crippen molar-refractivity contribution in [1.82, 2.24) is 4.90 Å². The van der Waals surface area contributed by atoms with E-state index in [1.807, 2.05) is 12.1 Å². The first-order valence-corrected chi connectivity index (χ1v) is 13.8. The SMILES string of the molecule is COC(=O)C[C@](O)(CCC[C@@](C)(O)CO)C(=O)O[C@@H]1C(OC)=C[C@]23CCCN2CCc2cc4c(cc2[C@H]13)OCO4. The Kier molecular flexibility index (Phi) is 7.77. The maximum atomic E-state index is 13.8. The molecule has 1 aromatic carbocycles. The second-order valence-electron chi connectivity index (χ2n) is 11.6. The Balaban J connectivity index is 1.49. The zero-order valence-electron chi connectivity index (χ0n) is 23.3. The predicted molar refractivity (Wildman–Crippen MR) is 141 cm³/mol. The first kappa shape index (κ1) is 28.7. The number of ether oxygens (including phenoxy) is 5. The maximum absolute atomic E-state index is 13.8. The largest absolute Gasteiger partial charge is 0.497 e. The molecule has 1 aliphatic carbocycles. The van der Waals surface area contributed by atoms with Crippen molar-refractivity contribution >= 4 is 11.9 Å². The average Bonchev–Trinajstić information content (AvgIpc) is 3.62. The first-order chi connectivity index (χ1) is 19.1. The molecule has 1 saturated heterocycles. The number of nitrogens with zero attached hydrogens (tertiary/aromatic N) is 1. The molecule has 11 nitrogen and oxygen atoms in total. The van der Waals surface area contributed by atoms with Crippen molar-refractivity contribution in [2.75, 3.05) is 40.7 Å². The van der Waals surface area contributed by atoms with Crippen molar-refractivity contribution in [2.24, 2.45) is 0 Å². The van der Waals surface area contributed by atoms with Crippen LogP contribution in [0.2, 0.25) is 0 Å². The number of aliphatic hydroxyl groups is 3. The maximum Gasteiger partial charge on any atom is 0.339 e. The molecule has 1 fully saturated rings. The van der Waals surface area contributed by atoms with Crippen LogP contribution < -0.4 is 9.47 Å². The molecule has 0 bridgehead atoms. The fourth-order valence-electron chi connectivity index (χ4n) is 6.73. The van der Waals surface area contributed by atoms with Crippen LogP contribution in [0.3, 0.4) is 0 Å². The summed E-state index contributed by atoms with van der Waals surface area (Å²) in [6.07, 6.45) is 3.27. The second-order valence-corrected chi connectivity index (χ2v) is 11.6. The number of aliphatic hydroxyl groups excluding tert-OH is 1. The minimum atomic E-state index is -2.20. The number of fused-ring (bicyclic) bond motifs is 3. The number of carbonyl (C=O) groups excluding carboxylic acids is 2. The van der Waals surface area contributed by atoms with E-state index < -0.39 is 47.8 Å². The van der Waals surface area contributed by atoms with Crippen LogP contribution in [0.25, 0.3) is 0 Å². The molecule has 11 heteroatoms. The van der Waals surface area contributed by atoms with Gasteiger partial charge in [-0.15, -0.1) is 0 Å². The van der Waals surface area contributed by atoms with Crippen LogP contribution in [0.15, 0.2) is 24.0 Å². The van der Waals surface area contributed by atoms with Crippen molar-refractivity contribution in [3.8, 4) is 11.5 Å². The number of hydrogen-bond donors (Lipinski definition) is 3. The molecular weight excluding hydrogens is 522 g/mol. The highest BCUT2D eigenvalue weighted by molar-refractivity contribution is 5.86. The van der Waals surface area contributed by atoms with E-state index in [1.54, 1.807) is 0 Å². The van der Waals surface area contributed by atoms with Gasteiger partial charge in [-0.05, 0) is 81.3 Å². The highest BCUT2D eigenvalue weighted by atomic mass is 16.7. The summed E-state index contributed by atoms with van der Waals surface area (Å²) in [6.45, 7) is 2.83. The average molecular weight is 562 g/mol. The number of esters is 2. The lowest BCUT2D eigenvalue weighted by Crippen LogP contribution is -2.49. The van der Waals surface area contributed by atoms with Gasteiger partial charge in [-0.3, -0.25) is 9.69 Å². The Bertz CT molecular complexity index is 1180. The Morgan fingerprint density at radius 3 is 2.60 bits per heavy atom. The Morgan fingerprint density at radius 2 is 1.90 bits per heavy atom. The van der Waals surface area contributed by atoms with Crippen molar-refractivity contribution in [2.45, 2.75) is 80.6 Å². The molecule has 3 aliphatic heterocycles. The Morgan fingerprint density at radius 1 is 1.15 bits per heavy atom. The molecule has 40 heavy (non-hydrogen) atoms. The van der Waals surface area contributed by atoms with Crippen molar-refractivity contribution in [3.05, 3.63) is 35.1 Å². The molecule has 0 aromatic heterocycles. The molecule has 5 rings (SSSR count). The molecular formula is C29H39NO10. The zero-order valence-corrected chi connectivity index (χ0v) is 23.3. The lowest BCUT2D eigenvalue weighted by molar-refractivity contribution is -0.178. The van der Waals surface area contributed by atoms with E-state index >= 15 is 0 Å². The van der Waals surface area contributed by atoms with E-state index in [-0.39, 0.29) is 32.0 Å². The molecule has 3 N–H and O–H groups in total. The van der Waals surface area contributed by atoms with E-state index in [0.29, 0.717) is 17.3 Å². The highest BCUT2D eigenvalue weighted by Crippen LogP contribution is 2.55. The molecule has 1 aromatic rings. The summed E-state index contributed by atoms with van der Waals surface area (Å²) in [4.78, 5) is 28.4. The zero-order chi connectivity index (χ0) is 28.7. The molecule has 3 heterocycles. The predicted octanol–water partition coefficient (Wildman–Crippen LogP) is 1.55. The fourth-order valence-corrected chi connectivity index (χ4v) is 6.73. The second kappa shape index (κ2) is 10.8. The van der Waals surface area contributed by atoms with Crippen LogP contribution in [-0.4, -0.2) is 95.7 Å². The number of hydrogen-bond acceptors (Lipinski definition) is 11. The van der Waals surface area contributed by atoms with Crippen molar-refractivity contribution < 1.29 is 48.6 Å². The summed E-state index contributed by atoms with van der Waals surface area (Å²) in [5, 5.41) is 31.1. The normalized spacial score (nSPS) is 27.8. The van der Waals surface area contributed by atoms with Gasteiger partial charge in [0, 0.05) is 6.54 Å². The van der Waals surface area contributed by atoms with Crippen LogP contribution in [0.4, 0.5) is 0 Å². The van der Waals surface area contributed by atoms with Gasteiger partial charge >= 0.3 is 11.9 Å². The van der Waals surface area contributed by atoms with Gasteiger partial charge in [0.1, 0.15) is 5.76 Å². The summed E-state index contributed by atoms with van der Waals surface area (Å²) < 4.78 is 28.0. The smallest absolute Gasteiger partial charge is 0.339 e. The standard InChI is InChI=1S/C29H39NO10/c1-27(34,16-31)7-4-9-29(35,15-23(32)37-3)26(33)40-25-22(36-2)14-28-8-5-10-30(28)11-6-18-12-20-21(39-17-38-20)13-19(18)24(25)28/h12-14,24-25,31,34-35H,4-11,15-17H2,1-3H3/t24-,25-,27-,28+,29-/m1/s1. The van der Waals surface area contributed by atoms with Gasteiger partial charge < -0.3 is 39.0 Å². The molecule has 1 spiro atoms. The van der Waals surface area contributed by atoms with Crippen molar-refractivity contribution in [3.63, 3.8) is 0 Å². The van der Waals surface area contributed by atoms with Crippen LogP contribution in [-0.2, 0) is 30.2 Å². The molecule has 220 valence electrons. The van der Waals surface area contributed by atoms with E-state index in [0.717, 1.165) is 43.5 Å². The summed E-state index contributed by atoms with van der Waals surface area (Å²) >= 11 is 0. The van der Waals surface area contributed by atoms with Crippen LogP contribution >= 0.6 is 0 Å². The van der Waals surface area contributed by atoms with Crippen molar-refractivity contribution in [1.29, 1.82) is 0 Å². The summed E-state index contributed by atoms with van der Waals surface area (Å²) in [6, 6.07) is 3.97. The van der Waals surface area contributed by atoms with Gasteiger partial charge in [0.15, 0.2) is 23.2 Å². The lowest BCUT2D eigenvalue weighted by Gasteiger charge is -2.39. The van der Waals surface area contributed by atoms with E-state index in [4.69, 9.17) is 23.7 Å². The fraction of sp³-hybridized carbons (Fsp3) is 0.655. The van der Waals surface area contributed by atoms with Gasteiger partial charge in [-0.25, -0.2) is 4.79 Å². The van der Waals surface area contributed by atoms with E-state index in [1.165, 1.54) is 21.1 Å². The lowest BCUT2D eigenvalue weighted by atomic mass is 9.77. The molecule has 5 atom stereocenters. The first-order valence-electron chi connectivity index (χ1n) is 13.8. The molecule has 0 unspecified atom stereocenters. The third-order valence-electron chi connectivity index (χ3n) is 8.89. The van der Waals surface area contributed by atoms with E-state index in [2.05, 4.69) is 11.0 Å².